The van der Waals surface area contributed by atoms with Gasteiger partial charge in [-0.15, -0.1) is 0 Å². The molecule has 0 bridgehead atoms. The molecule has 0 spiro atoms. The van der Waals surface area contributed by atoms with Gasteiger partial charge in [0.25, 0.3) is 5.56 Å². The molecule has 0 aliphatic rings. The van der Waals surface area contributed by atoms with Crippen LogP contribution in [0.25, 0.3) is 27.8 Å². The number of aromatic nitrogens is 3. The van der Waals surface area contributed by atoms with Crippen LogP contribution in [0.5, 0.6) is 5.75 Å². The van der Waals surface area contributed by atoms with Gasteiger partial charge in [0.1, 0.15) is 12.4 Å². The van der Waals surface area contributed by atoms with Crippen LogP contribution in [0.2, 0.25) is 5.02 Å². The molecular weight excluding hydrogens is 514 g/mol. The van der Waals surface area contributed by atoms with Gasteiger partial charge in [-0.2, -0.15) is 0 Å². The molecule has 0 fully saturated rings. The van der Waals surface area contributed by atoms with E-state index in [-0.39, 0.29) is 5.56 Å². The highest BCUT2D eigenvalue weighted by Crippen LogP contribution is 2.25. The first-order valence-electron chi connectivity index (χ1n) is 12.4. The predicted octanol–water partition coefficient (Wildman–Crippen LogP) is 6.71. The number of thiazole rings is 1. The minimum atomic E-state index is -0.0252. The van der Waals surface area contributed by atoms with Crippen LogP contribution in [0, 0.1) is 27.7 Å². The quantitative estimate of drug-likeness (QED) is 0.244. The van der Waals surface area contributed by atoms with E-state index >= 15 is 0 Å². The fraction of sp³-hybridized carbons (Fsp3) is 0.161. The monoisotopic (exact) mass is 539 g/mol. The molecule has 6 aromatic rings. The molecule has 7 heteroatoms. The summed E-state index contributed by atoms with van der Waals surface area (Å²) in [6, 6.07) is 21.9. The maximum absolute atomic E-state index is 13.4. The smallest absolute Gasteiger partial charge is 0.274 e. The summed E-state index contributed by atoms with van der Waals surface area (Å²) in [5.41, 5.74) is 9.32. The van der Waals surface area contributed by atoms with Gasteiger partial charge in [-0.25, -0.2) is 9.38 Å². The van der Waals surface area contributed by atoms with Crippen LogP contribution in [-0.2, 0) is 6.61 Å². The van der Waals surface area contributed by atoms with E-state index in [2.05, 4.69) is 62.6 Å². The fourth-order valence-electron chi connectivity index (χ4n) is 4.83. The zero-order valence-corrected chi connectivity index (χ0v) is 23.2. The van der Waals surface area contributed by atoms with E-state index in [9.17, 15) is 4.79 Å². The van der Waals surface area contributed by atoms with Crippen molar-refractivity contribution in [2.75, 3.05) is 0 Å². The number of ether oxygens (including phenoxy) is 1. The van der Waals surface area contributed by atoms with Crippen molar-refractivity contribution in [2.24, 2.45) is 0 Å². The summed E-state index contributed by atoms with van der Waals surface area (Å²) in [5, 5.41) is 0.714. The third-order valence-electron chi connectivity index (χ3n) is 7.02. The molecule has 0 aliphatic carbocycles. The molecule has 3 aromatic heterocycles. The molecule has 0 saturated heterocycles. The number of benzene rings is 3. The molecule has 0 aliphatic heterocycles. The van der Waals surface area contributed by atoms with E-state index in [1.807, 2.05) is 42.5 Å². The lowest BCUT2D eigenvalue weighted by Crippen LogP contribution is -2.22. The maximum atomic E-state index is 13.4. The van der Waals surface area contributed by atoms with Crippen LogP contribution < -0.4 is 14.8 Å². The van der Waals surface area contributed by atoms with Crippen LogP contribution >= 0.6 is 22.9 Å². The Balaban J connectivity index is 1.31. The molecule has 0 unspecified atom stereocenters. The Hall–Kier alpha value is -3.87. The van der Waals surface area contributed by atoms with E-state index in [0.29, 0.717) is 16.2 Å². The van der Waals surface area contributed by atoms with Crippen molar-refractivity contribution in [2.45, 2.75) is 34.3 Å². The minimum Gasteiger partial charge on any atom is -0.489 e. The summed E-state index contributed by atoms with van der Waals surface area (Å²) in [7, 11) is 0. The standard InChI is InChI=1S/C31H26ClN3O2S/c1-18-13-27-28(14-19(18)2)35-30(36)29(38-31(35)33-27)16-23-15-20(3)34(21(23)4)25-9-11-26(12-10-25)37-17-22-5-7-24(32)8-6-22/h5-16H,17H2,1-4H3/b29-16-. The number of hydrogen-bond donors (Lipinski definition) is 0. The molecule has 0 amide bonds. The first-order valence-corrected chi connectivity index (χ1v) is 13.6. The highest BCUT2D eigenvalue weighted by Gasteiger charge is 2.14. The predicted molar refractivity (Wildman–Crippen MR) is 156 cm³/mol. The summed E-state index contributed by atoms with van der Waals surface area (Å²) >= 11 is 7.40. The summed E-state index contributed by atoms with van der Waals surface area (Å²) in [6.07, 6.45) is 1.98. The van der Waals surface area contributed by atoms with Gasteiger partial charge in [0.05, 0.1) is 15.6 Å². The Morgan fingerprint density at radius 3 is 2.39 bits per heavy atom. The number of rotatable bonds is 5. The molecule has 0 N–H and O–H groups in total. The van der Waals surface area contributed by atoms with Crippen molar-refractivity contribution in [3.8, 4) is 11.4 Å². The number of halogens is 1. The average molecular weight is 540 g/mol. The van der Waals surface area contributed by atoms with Crippen molar-refractivity contribution in [1.29, 1.82) is 0 Å². The molecule has 0 saturated carbocycles. The zero-order chi connectivity index (χ0) is 26.6. The molecule has 6 rings (SSSR count). The van der Waals surface area contributed by atoms with Crippen LogP contribution in [-0.4, -0.2) is 14.0 Å². The number of hydrogen-bond acceptors (Lipinski definition) is 4. The average Bonchev–Trinajstić information content (AvgIpc) is 3.49. The fourth-order valence-corrected chi connectivity index (χ4v) is 5.93. The molecule has 3 heterocycles. The van der Waals surface area contributed by atoms with E-state index in [1.54, 1.807) is 4.40 Å². The summed E-state index contributed by atoms with van der Waals surface area (Å²) in [4.78, 5) is 18.8. The third kappa shape index (κ3) is 4.30. The Kier molecular flexibility index (Phi) is 6.09. The number of fused-ring (bicyclic) bond motifs is 3. The second-order valence-corrected chi connectivity index (χ2v) is 11.1. The van der Waals surface area contributed by atoms with Crippen LogP contribution in [0.15, 0.2) is 71.5 Å². The van der Waals surface area contributed by atoms with Crippen molar-refractivity contribution >= 4 is 45.0 Å². The van der Waals surface area contributed by atoms with Gasteiger partial charge >= 0.3 is 0 Å². The lowest BCUT2D eigenvalue weighted by atomic mass is 10.1. The summed E-state index contributed by atoms with van der Waals surface area (Å²) in [5.74, 6) is 0.800. The summed E-state index contributed by atoms with van der Waals surface area (Å²) < 4.78 is 10.6. The van der Waals surface area contributed by atoms with Crippen LogP contribution in [0.1, 0.15) is 33.6 Å². The largest absolute Gasteiger partial charge is 0.489 e. The molecule has 0 radical (unpaired) electrons. The topological polar surface area (TPSA) is 48.5 Å². The summed E-state index contributed by atoms with van der Waals surface area (Å²) in [6.45, 7) is 8.76. The van der Waals surface area contributed by atoms with E-state index in [1.165, 1.54) is 16.9 Å². The number of nitrogens with zero attached hydrogens (tertiary/aromatic N) is 3. The van der Waals surface area contributed by atoms with Gasteiger partial charge in [-0.05, 0) is 111 Å². The number of imidazole rings is 1. The van der Waals surface area contributed by atoms with Crippen molar-refractivity contribution in [3.05, 3.63) is 120 Å². The van der Waals surface area contributed by atoms with Crippen molar-refractivity contribution in [3.63, 3.8) is 0 Å². The van der Waals surface area contributed by atoms with E-state index in [0.717, 1.165) is 55.5 Å². The third-order valence-corrected chi connectivity index (χ3v) is 8.25. The van der Waals surface area contributed by atoms with Gasteiger partial charge in [-0.3, -0.25) is 4.79 Å². The van der Waals surface area contributed by atoms with Gasteiger partial charge in [-0.1, -0.05) is 35.1 Å². The normalized spacial score (nSPS) is 12.2. The molecule has 0 atom stereocenters. The second-order valence-electron chi connectivity index (χ2n) is 9.64. The molecule has 3 aromatic carbocycles. The lowest BCUT2D eigenvalue weighted by molar-refractivity contribution is 0.306. The first kappa shape index (κ1) is 24.5. The lowest BCUT2D eigenvalue weighted by Gasteiger charge is -2.11. The highest BCUT2D eigenvalue weighted by atomic mass is 35.5. The Bertz CT molecular complexity index is 1930. The second kappa shape index (κ2) is 9.46. The van der Waals surface area contributed by atoms with Gasteiger partial charge < -0.3 is 9.30 Å². The van der Waals surface area contributed by atoms with E-state index < -0.39 is 0 Å². The minimum absolute atomic E-state index is 0.0252. The maximum Gasteiger partial charge on any atom is 0.274 e. The SMILES string of the molecule is Cc1cc2nc3s/c(=C\c4cc(C)n(-c5ccc(OCc6ccc(Cl)cc6)cc5)c4C)c(=O)n3c2cc1C. The Labute approximate surface area is 229 Å². The number of aryl methyl sites for hydroxylation is 3. The molecular formula is C31H26ClN3O2S. The van der Waals surface area contributed by atoms with Gasteiger partial charge in [0, 0.05) is 22.1 Å². The molecule has 5 nitrogen and oxygen atoms in total. The molecule has 38 heavy (non-hydrogen) atoms. The van der Waals surface area contributed by atoms with Crippen molar-refractivity contribution < 1.29 is 4.74 Å². The van der Waals surface area contributed by atoms with Crippen LogP contribution in [0.3, 0.4) is 0 Å². The zero-order valence-electron chi connectivity index (χ0n) is 21.6. The van der Waals surface area contributed by atoms with Crippen LogP contribution in [0.4, 0.5) is 0 Å². The van der Waals surface area contributed by atoms with Gasteiger partial charge in [0.2, 0.25) is 0 Å². The molecule has 190 valence electrons. The van der Waals surface area contributed by atoms with E-state index in [4.69, 9.17) is 21.3 Å². The van der Waals surface area contributed by atoms with Gasteiger partial charge in [0.15, 0.2) is 4.96 Å². The van der Waals surface area contributed by atoms with Crippen molar-refractivity contribution in [1.82, 2.24) is 14.0 Å². The Morgan fingerprint density at radius 2 is 1.66 bits per heavy atom. The first-order chi connectivity index (χ1) is 18.3. The highest BCUT2D eigenvalue weighted by molar-refractivity contribution is 7.15. The Morgan fingerprint density at radius 1 is 0.947 bits per heavy atom.